The number of carbonyl (C=O) groups is 1. The predicted molar refractivity (Wildman–Crippen MR) is 117 cm³/mol. The summed E-state index contributed by atoms with van der Waals surface area (Å²) in [5.74, 6) is 2.28. The molecule has 0 amide bonds. The molecule has 3 aromatic rings. The first kappa shape index (κ1) is 19.9. The normalized spacial score (nSPS) is 15.3. The van der Waals surface area contributed by atoms with Gasteiger partial charge in [-0.15, -0.1) is 10.2 Å². The zero-order valence-corrected chi connectivity index (χ0v) is 17.9. The van der Waals surface area contributed by atoms with Crippen LogP contribution in [0.15, 0.2) is 47.6 Å². The highest BCUT2D eigenvalue weighted by molar-refractivity contribution is 7.99. The van der Waals surface area contributed by atoms with Gasteiger partial charge >= 0.3 is 0 Å². The third-order valence-corrected chi connectivity index (χ3v) is 6.16. The quantitative estimate of drug-likeness (QED) is 0.429. The maximum atomic E-state index is 12.8. The minimum atomic E-state index is -0.00493. The van der Waals surface area contributed by atoms with Crippen molar-refractivity contribution in [3.05, 3.63) is 53.6 Å². The number of aromatic nitrogens is 3. The number of Topliss-reactive ketones (excluding diaryl/α,β-unsaturated/α-hetero) is 1. The number of carbonyl (C=O) groups excluding carboxylic acids is 1. The average molecular weight is 439 g/mol. The van der Waals surface area contributed by atoms with E-state index in [4.69, 9.17) is 14.2 Å². The Bertz CT molecular complexity index is 1090. The summed E-state index contributed by atoms with van der Waals surface area (Å²) >= 11 is 1.38. The van der Waals surface area contributed by atoms with Crippen LogP contribution >= 0.6 is 11.8 Å². The van der Waals surface area contributed by atoms with Gasteiger partial charge in [0.1, 0.15) is 0 Å². The van der Waals surface area contributed by atoms with Crippen LogP contribution in [-0.2, 0) is 4.74 Å². The smallest absolute Gasteiger partial charge is 0.232 e. The molecule has 160 valence electrons. The summed E-state index contributed by atoms with van der Waals surface area (Å²) in [6.45, 7) is 5.07. The molecule has 1 fully saturated rings. The summed E-state index contributed by atoms with van der Waals surface area (Å²) in [6, 6.07) is 13.5. The lowest BCUT2D eigenvalue weighted by Crippen LogP contribution is -2.37. The molecule has 31 heavy (non-hydrogen) atoms. The van der Waals surface area contributed by atoms with Crippen LogP contribution in [0.25, 0.3) is 5.69 Å². The molecule has 0 aliphatic carbocycles. The highest BCUT2D eigenvalue weighted by atomic mass is 32.2. The second-order valence-electron chi connectivity index (χ2n) is 7.33. The number of nitrogens with zero attached hydrogens (tertiary/aromatic N) is 4. The van der Waals surface area contributed by atoms with E-state index in [0.29, 0.717) is 35.4 Å². The summed E-state index contributed by atoms with van der Waals surface area (Å²) in [5, 5.41) is 9.54. The molecule has 2 aliphatic heterocycles. The number of ether oxygens (including phenoxy) is 3. The van der Waals surface area contributed by atoms with Crippen LogP contribution in [0, 0.1) is 6.92 Å². The van der Waals surface area contributed by atoms with E-state index in [-0.39, 0.29) is 18.3 Å². The number of hydrogen-bond acceptors (Lipinski definition) is 8. The van der Waals surface area contributed by atoms with E-state index in [1.54, 1.807) is 18.2 Å². The summed E-state index contributed by atoms with van der Waals surface area (Å²) in [5.41, 5.74) is 2.73. The monoisotopic (exact) mass is 438 g/mol. The molecule has 1 aromatic heterocycles. The van der Waals surface area contributed by atoms with E-state index in [9.17, 15) is 4.79 Å². The van der Waals surface area contributed by atoms with Gasteiger partial charge in [-0.25, -0.2) is 0 Å². The Labute approximate surface area is 184 Å². The highest BCUT2D eigenvalue weighted by Crippen LogP contribution is 2.33. The van der Waals surface area contributed by atoms with Gasteiger partial charge in [0.05, 0.1) is 24.7 Å². The number of benzene rings is 2. The van der Waals surface area contributed by atoms with Gasteiger partial charge in [0.25, 0.3) is 0 Å². The second kappa shape index (κ2) is 8.60. The van der Waals surface area contributed by atoms with Gasteiger partial charge in [-0.1, -0.05) is 29.5 Å². The van der Waals surface area contributed by atoms with Gasteiger partial charge in [-0.2, -0.15) is 0 Å². The lowest BCUT2D eigenvalue weighted by atomic mass is 10.1. The molecular weight excluding hydrogens is 416 g/mol. The molecule has 2 aromatic carbocycles. The summed E-state index contributed by atoms with van der Waals surface area (Å²) in [7, 11) is 0. The van der Waals surface area contributed by atoms with Crippen LogP contribution in [0.1, 0.15) is 15.9 Å². The second-order valence-corrected chi connectivity index (χ2v) is 8.28. The Morgan fingerprint density at radius 3 is 2.61 bits per heavy atom. The summed E-state index contributed by atoms with van der Waals surface area (Å²) in [6.07, 6.45) is 0. The van der Waals surface area contributed by atoms with Crippen molar-refractivity contribution in [2.75, 3.05) is 43.7 Å². The maximum absolute atomic E-state index is 12.8. The SMILES string of the molecule is Cc1ccc(-n2c(SCC(=O)c3ccc4c(c3)OCO4)nnc2N2CCOCC2)cc1. The first-order chi connectivity index (χ1) is 15.2. The molecule has 9 heteroatoms. The summed E-state index contributed by atoms with van der Waals surface area (Å²) in [4.78, 5) is 15.0. The van der Waals surface area contributed by atoms with Gasteiger partial charge in [-0.3, -0.25) is 9.36 Å². The van der Waals surface area contributed by atoms with Crippen molar-refractivity contribution < 1.29 is 19.0 Å². The van der Waals surface area contributed by atoms with E-state index in [2.05, 4.69) is 34.2 Å². The first-order valence-electron chi connectivity index (χ1n) is 10.1. The van der Waals surface area contributed by atoms with Crippen LogP contribution in [-0.4, -0.2) is 59.4 Å². The molecule has 0 saturated carbocycles. The van der Waals surface area contributed by atoms with Crippen molar-refractivity contribution in [2.24, 2.45) is 0 Å². The molecular formula is C22H22N4O4S. The minimum Gasteiger partial charge on any atom is -0.454 e. The van der Waals surface area contributed by atoms with Crippen LogP contribution in [0.3, 0.4) is 0 Å². The topological polar surface area (TPSA) is 78.7 Å². The number of aryl methyl sites for hydroxylation is 1. The molecule has 0 bridgehead atoms. The van der Waals surface area contributed by atoms with Crippen LogP contribution in [0.4, 0.5) is 5.95 Å². The van der Waals surface area contributed by atoms with Crippen molar-refractivity contribution in [1.82, 2.24) is 14.8 Å². The van der Waals surface area contributed by atoms with Crippen molar-refractivity contribution in [1.29, 1.82) is 0 Å². The molecule has 0 spiro atoms. The fourth-order valence-corrected chi connectivity index (χ4v) is 4.37. The van der Waals surface area contributed by atoms with Gasteiger partial charge < -0.3 is 19.1 Å². The largest absolute Gasteiger partial charge is 0.454 e. The van der Waals surface area contributed by atoms with Crippen molar-refractivity contribution >= 4 is 23.5 Å². The number of rotatable bonds is 6. The summed E-state index contributed by atoms with van der Waals surface area (Å²) < 4.78 is 18.2. The fourth-order valence-electron chi connectivity index (χ4n) is 3.53. The number of anilines is 1. The third-order valence-electron chi connectivity index (χ3n) is 5.23. The number of fused-ring (bicyclic) bond motifs is 1. The molecule has 2 aliphatic rings. The highest BCUT2D eigenvalue weighted by Gasteiger charge is 2.23. The number of hydrogen-bond donors (Lipinski definition) is 0. The lowest BCUT2D eigenvalue weighted by Gasteiger charge is -2.27. The Morgan fingerprint density at radius 2 is 1.81 bits per heavy atom. The number of thioether (sulfide) groups is 1. The zero-order chi connectivity index (χ0) is 21.2. The van der Waals surface area contributed by atoms with Crippen molar-refractivity contribution in [3.63, 3.8) is 0 Å². The molecule has 0 radical (unpaired) electrons. The van der Waals surface area contributed by atoms with Crippen LogP contribution in [0.2, 0.25) is 0 Å². The Morgan fingerprint density at radius 1 is 1.03 bits per heavy atom. The van der Waals surface area contributed by atoms with E-state index >= 15 is 0 Å². The Kier molecular flexibility index (Phi) is 5.52. The fraction of sp³-hybridized carbons (Fsp3) is 0.318. The van der Waals surface area contributed by atoms with Crippen molar-refractivity contribution in [3.8, 4) is 17.2 Å². The van der Waals surface area contributed by atoms with Gasteiger partial charge in [0, 0.05) is 18.7 Å². The van der Waals surface area contributed by atoms with Crippen molar-refractivity contribution in [2.45, 2.75) is 12.1 Å². The number of morpholine rings is 1. The first-order valence-corrected chi connectivity index (χ1v) is 11.1. The van der Waals surface area contributed by atoms with E-state index in [0.717, 1.165) is 24.7 Å². The third kappa shape index (κ3) is 4.11. The molecule has 8 nitrogen and oxygen atoms in total. The Hall–Kier alpha value is -3.04. The predicted octanol–water partition coefficient (Wildman–Crippen LogP) is 3.12. The van der Waals surface area contributed by atoms with E-state index in [1.165, 1.54) is 17.3 Å². The van der Waals surface area contributed by atoms with E-state index < -0.39 is 0 Å². The van der Waals surface area contributed by atoms with E-state index in [1.807, 2.05) is 16.7 Å². The molecule has 0 N–H and O–H groups in total. The van der Waals surface area contributed by atoms with Gasteiger partial charge in [0.2, 0.25) is 12.7 Å². The molecule has 1 saturated heterocycles. The molecule has 3 heterocycles. The molecule has 0 unspecified atom stereocenters. The minimum absolute atomic E-state index is 0.00493. The average Bonchev–Trinajstić information content (AvgIpc) is 3.45. The standard InChI is InChI=1S/C22H22N4O4S/c1-15-2-5-17(6-3-15)26-21(25-8-10-28-11-9-25)23-24-22(26)31-13-18(27)16-4-7-19-20(12-16)30-14-29-19/h2-7,12H,8-11,13-14H2,1H3. The van der Waals surface area contributed by atoms with Crippen LogP contribution in [0.5, 0.6) is 11.5 Å². The maximum Gasteiger partial charge on any atom is 0.232 e. The van der Waals surface area contributed by atoms with Gasteiger partial charge in [-0.05, 0) is 37.3 Å². The molecule has 0 atom stereocenters. The lowest BCUT2D eigenvalue weighted by molar-refractivity contribution is 0.102. The zero-order valence-electron chi connectivity index (χ0n) is 17.1. The van der Waals surface area contributed by atoms with Gasteiger partial charge in [0.15, 0.2) is 22.4 Å². The molecule has 5 rings (SSSR count). The Balaban J connectivity index is 1.40. The number of ketones is 1. The van der Waals surface area contributed by atoms with Crippen LogP contribution < -0.4 is 14.4 Å².